The van der Waals surface area contributed by atoms with Gasteiger partial charge in [0.15, 0.2) is 0 Å². The van der Waals surface area contributed by atoms with E-state index < -0.39 is 0 Å². The van der Waals surface area contributed by atoms with Gasteiger partial charge in [0.2, 0.25) is 0 Å². The summed E-state index contributed by atoms with van der Waals surface area (Å²) in [7, 11) is 0. The third kappa shape index (κ3) is 2.11. The Balaban J connectivity index is 1.64. The molecule has 0 aromatic heterocycles. The molecule has 1 saturated heterocycles. The summed E-state index contributed by atoms with van der Waals surface area (Å²) in [5.74, 6) is 1.16. The van der Waals surface area contributed by atoms with Crippen molar-refractivity contribution < 1.29 is 9.53 Å². The molecule has 3 fully saturated rings. The highest BCUT2D eigenvalue weighted by Gasteiger charge is 2.65. The third-order valence-electron chi connectivity index (χ3n) is 6.32. The SMILES string of the molecule is CC1(C)C[C@H]2CCC[C@H]3[C@@H](Cc4ccccc4)C(=O)O[C@@]23C1. The fourth-order valence-corrected chi connectivity index (χ4v) is 5.67. The van der Waals surface area contributed by atoms with Crippen molar-refractivity contribution in [2.24, 2.45) is 23.2 Å². The van der Waals surface area contributed by atoms with E-state index in [-0.39, 0.29) is 17.5 Å². The monoisotopic (exact) mass is 298 g/mol. The predicted molar refractivity (Wildman–Crippen MR) is 86.3 cm³/mol. The van der Waals surface area contributed by atoms with Crippen molar-refractivity contribution in [3.63, 3.8) is 0 Å². The topological polar surface area (TPSA) is 26.3 Å². The zero-order valence-corrected chi connectivity index (χ0v) is 13.7. The van der Waals surface area contributed by atoms with E-state index in [0.717, 1.165) is 19.3 Å². The summed E-state index contributed by atoms with van der Waals surface area (Å²) in [5.41, 5.74) is 1.44. The van der Waals surface area contributed by atoms with E-state index in [2.05, 4.69) is 38.1 Å². The summed E-state index contributed by atoms with van der Waals surface area (Å²) >= 11 is 0. The Morgan fingerprint density at radius 3 is 2.73 bits per heavy atom. The first-order valence-corrected chi connectivity index (χ1v) is 8.77. The van der Waals surface area contributed by atoms with Crippen molar-refractivity contribution in [1.82, 2.24) is 0 Å². The van der Waals surface area contributed by atoms with E-state index in [1.807, 2.05) is 6.07 Å². The van der Waals surface area contributed by atoms with Crippen LogP contribution >= 0.6 is 0 Å². The van der Waals surface area contributed by atoms with Gasteiger partial charge in [-0.1, -0.05) is 50.6 Å². The molecule has 0 amide bonds. The molecule has 0 bridgehead atoms. The van der Waals surface area contributed by atoms with Gasteiger partial charge in [-0.15, -0.1) is 0 Å². The Morgan fingerprint density at radius 2 is 1.95 bits per heavy atom. The maximum atomic E-state index is 12.7. The van der Waals surface area contributed by atoms with E-state index in [1.165, 1.54) is 24.8 Å². The zero-order valence-electron chi connectivity index (χ0n) is 13.7. The number of benzene rings is 1. The standard InChI is InChI=1S/C20H26O2/c1-19(2)12-15-9-6-10-17-16(11-14-7-4-3-5-8-14)18(21)22-20(15,17)13-19/h3-5,7-8,15-17H,6,9-13H2,1-2H3/t15-,16-,17+,20+/m1/s1. The van der Waals surface area contributed by atoms with Gasteiger partial charge in [0.1, 0.15) is 5.60 Å². The molecule has 2 aliphatic carbocycles. The number of carbonyl (C=O) groups excluding carboxylic acids is 1. The molecular formula is C20H26O2. The summed E-state index contributed by atoms with van der Waals surface area (Å²) in [6.07, 6.45) is 6.79. The number of esters is 1. The number of carbonyl (C=O) groups is 1. The Hall–Kier alpha value is -1.31. The Morgan fingerprint density at radius 1 is 1.18 bits per heavy atom. The van der Waals surface area contributed by atoms with Crippen LogP contribution in [0, 0.1) is 23.2 Å². The average Bonchev–Trinajstić information content (AvgIpc) is 2.89. The molecule has 1 aromatic carbocycles. The zero-order chi connectivity index (χ0) is 15.4. The maximum Gasteiger partial charge on any atom is 0.310 e. The maximum absolute atomic E-state index is 12.7. The smallest absolute Gasteiger partial charge is 0.310 e. The lowest BCUT2D eigenvalue weighted by Gasteiger charge is -2.40. The van der Waals surface area contributed by atoms with Crippen LogP contribution in [0.5, 0.6) is 0 Å². The van der Waals surface area contributed by atoms with Gasteiger partial charge in [-0.3, -0.25) is 4.79 Å². The molecule has 2 saturated carbocycles. The normalized spacial score (nSPS) is 39.2. The molecular weight excluding hydrogens is 272 g/mol. The van der Waals surface area contributed by atoms with Crippen LogP contribution in [0.4, 0.5) is 0 Å². The Labute approximate surface area is 133 Å². The van der Waals surface area contributed by atoms with Crippen LogP contribution in [0.3, 0.4) is 0 Å². The highest BCUT2D eigenvalue weighted by atomic mass is 16.6. The summed E-state index contributed by atoms with van der Waals surface area (Å²) in [6, 6.07) is 10.4. The van der Waals surface area contributed by atoms with Crippen molar-refractivity contribution in [3.8, 4) is 0 Å². The molecule has 1 spiro atoms. The van der Waals surface area contributed by atoms with E-state index in [9.17, 15) is 4.79 Å². The minimum Gasteiger partial charge on any atom is -0.458 e. The fourth-order valence-electron chi connectivity index (χ4n) is 5.67. The van der Waals surface area contributed by atoms with Crippen molar-refractivity contribution >= 4 is 5.97 Å². The summed E-state index contributed by atoms with van der Waals surface area (Å²) in [5, 5.41) is 0. The number of hydrogen-bond donors (Lipinski definition) is 0. The van der Waals surface area contributed by atoms with E-state index in [0.29, 0.717) is 17.3 Å². The number of ether oxygens (including phenoxy) is 1. The molecule has 4 atom stereocenters. The first kappa shape index (κ1) is 14.3. The molecule has 2 nitrogen and oxygen atoms in total. The lowest BCUT2D eigenvalue weighted by Crippen LogP contribution is -2.44. The van der Waals surface area contributed by atoms with Gasteiger partial charge in [0, 0.05) is 5.92 Å². The number of hydrogen-bond acceptors (Lipinski definition) is 2. The largest absolute Gasteiger partial charge is 0.458 e. The number of rotatable bonds is 2. The van der Waals surface area contributed by atoms with Gasteiger partial charge in [0.05, 0.1) is 5.92 Å². The molecule has 1 heterocycles. The first-order valence-electron chi connectivity index (χ1n) is 8.77. The van der Waals surface area contributed by atoms with Gasteiger partial charge in [-0.25, -0.2) is 0 Å². The lowest BCUT2D eigenvalue weighted by atomic mass is 9.66. The fraction of sp³-hybridized carbons (Fsp3) is 0.650. The minimum absolute atomic E-state index is 0.0680. The lowest BCUT2D eigenvalue weighted by molar-refractivity contribution is -0.156. The highest BCUT2D eigenvalue weighted by molar-refractivity contribution is 5.76. The first-order chi connectivity index (χ1) is 10.5. The third-order valence-corrected chi connectivity index (χ3v) is 6.32. The van der Waals surface area contributed by atoms with Crippen LogP contribution in [0.15, 0.2) is 30.3 Å². The second-order valence-corrected chi connectivity index (χ2v) is 8.45. The van der Waals surface area contributed by atoms with E-state index in [4.69, 9.17) is 4.74 Å². The van der Waals surface area contributed by atoms with Gasteiger partial charge >= 0.3 is 5.97 Å². The van der Waals surface area contributed by atoms with Crippen molar-refractivity contribution in [3.05, 3.63) is 35.9 Å². The van der Waals surface area contributed by atoms with Crippen LogP contribution in [0.25, 0.3) is 0 Å². The van der Waals surface area contributed by atoms with E-state index in [1.54, 1.807) is 0 Å². The van der Waals surface area contributed by atoms with Crippen LogP contribution in [0.1, 0.15) is 51.5 Å². The van der Waals surface area contributed by atoms with Crippen LogP contribution in [0.2, 0.25) is 0 Å². The molecule has 3 aliphatic rings. The van der Waals surface area contributed by atoms with Gasteiger partial charge in [-0.2, -0.15) is 0 Å². The molecule has 0 radical (unpaired) electrons. The predicted octanol–water partition coefficient (Wildman–Crippen LogP) is 4.38. The molecule has 0 N–H and O–H groups in total. The molecule has 2 heteroatoms. The quantitative estimate of drug-likeness (QED) is 0.758. The van der Waals surface area contributed by atoms with E-state index >= 15 is 0 Å². The van der Waals surface area contributed by atoms with Crippen LogP contribution in [-0.4, -0.2) is 11.6 Å². The molecule has 118 valence electrons. The summed E-state index contributed by atoms with van der Waals surface area (Å²) in [6.45, 7) is 4.69. The van der Waals surface area contributed by atoms with Gasteiger partial charge in [0.25, 0.3) is 0 Å². The minimum atomic E-state index is -0.141. The Bertz CT molecular complexity index is 577. The van der Waals surface area contributed by atoms with Crippen LogP contribution in [-0.2, 0) is 16.0 Å². The summed E-state index contributed by atoms with van der Waals surface area (Å²) < 4.78 is 6.16. The Kier molecular flexibility index (Phi) is 3.15. The average molecular weight is 298 g/mol. The molecule has 1 aromatic rings. The van der Waals surface area contributed by atoms with Gasteiger partial charge in [-0.05, 0) is 49.0 Å². The second kappa shape index (κ2) is 4.84. The highest BCUT2D eigenvalue weighted by Crippen LogP contribution is 2.62. The summed E-state index contributed by atoms with van der Waals surface area (Å²) in [4.78, 5) is 12.7. The van der Waals surface area contributed by atoms with Crippen molar-refractivity contribution in [2.45, 2.75) is 58.0 Å². The van der Waals surface area contributed by atoms with Crippen molar-refractivity contribution in [2.75, 3.05) is 0 Å². The molecule has 4 rings (SSSR count). The molecule has 22 heavy (non-hydrogen) atoms. The van der Waals surface area contributed by atoms with Crippen LogP contribution < -0.4 is 0 Å². The molecule has 0 unspecified atom stereocenters. The van der Waals surface area contributed by atoms with Crippen molar-refractivity contribution in [1.29, 1.82) is 0 Å². The second-order valence-electron chi connectivity index (χ2n) is 8.45. The molecule has 1 aliphatic heterocycles. The van der Waals surface area contributed by atoms with Gasteiger partial charge < -0.3 is 4.74 Å².